The second kappa shape index (κ2) is 8.02. The first-order valence-electron chi connectivity index (χ1n) is 8.88. The molecule has 3 amide bonds. The molecule has 1 heterocycles. The third-order valence-corrected chi connectivity index (χ3v) is 5.14. The Hall–Kier alpha value is -2.86. The molecule has 3 rings (SSSR count). The van der Waals surface area contributed by atoms with E-state index < -0.39 is 17.5 Å². The molecule has 7 heteroatoms. The van der Waals surface area contributed by atoms with Crippen molar-refractivity contribution in [2.75, 3.05) is 13.7 Å². The lowest BCUT2D eigenvalue weighted by Gasteiger charge is -2.21. The maximum absolute atomic E-state index is 12.8. The van der Waals surface area contributed by atoms with E-state index >= 15 is 0 Å². The number of ether oxygens (including phenoxy) is 1. The Morgan fingerprint density at radius 3 is 2.36 bits per heavy atom. The summed E-state index contributed by atoms with van der Waals surface area (Å²) in [7, 11) is 1.60. The van der Waals surface area contributed by atoms with Crippen LogP contribution in [-0.4, -0.2) is 41.8 Å². The van der Waals surface area contributed by atoms with E-state index in [0.29, 0.717) is 23.4 Å². The zero-order chi connectivity index (χ0) is 20.3. The van der Waals surface area contributed by atoms with Crippen LogP contribution in [0.3, 0.4) is 0 Å². The highest BCUT2D eigenvalue weighted by Gasteiger charge is 2.47. The number of amides is 3. The van der Waals surface area contributed by atoms with Crippen LogP contribution in [0.2, 0.25) is 5.02 Å². The summed E-state index contributed by atoms with van der Waals surface area (Å²) in [6, 6.07) is 13.3. The Bertz CT molecular complexity index is 896. The summed E-state index contributed by atoms with van der Waals surface area (Å²) in [4.78, 5) is 38.6. The Kier molecular flexibility index (Phi) is 5.70. The molecule has 0 radical (unpaired) electrons. The number of aryl methyl sites for hydroxylation is 1. The molecular weight excluding hydrogens is 380 g/mol. The highest BCUT2D eigenvalue weighted by molar-refractivity contribution is 6.30. The summed E-state index contributed by atoms with van der Waals surface area (Å²) in [6.45, 7) is 1.38. The van der Waals surface area contributed by atoms with Gasteiger partial charge in [-0.05, 0) is 61.7 Å². The topological polar surface area (TPSA) is 75.7 Å². The van der Waals surface area contributed by atoms with Gasteiger partial charge in [0.2, 0.25) is 0 Å². The Morgan fingerprint density at radius 1 is 1.11 bits per heavy atom. The molecule has 0 aromatic heterocycles. The van der Waals surface area contributed by atoms with Crippen LogP contribution >= 0.6 is 11.6 Å². The standard InChI is InChI=1S/C21H21ClN2O4/c1-21(12-11-14-3-9-17(28-2)10-4-14)19(26)24(20(27)23-21)13-18(25)15-5-7-16(22)8-6-15/h3-10H,11-13H2,1-2H3,(H,23,27)/t21-/m1/s1. The van der Waals surface area contributed by atoms with Crippen LogP contribution < -0.4 is 10.1 Å². The van der Waals surface area contributed by atoms with Crippen molar-refractivity contribution in [3.8, 4) is 5.75 Å². The molecule has 0 spiro atoms. The van der Waals surface area contributed by atoms with E-state index in [2.05, 4.69) is 5.32 Å². The average Bonchev–Trinajstić information content (AvgIpc) is 2.90. The van der Waals surface area contributed by atoms with Crippen molar-refractivity contribution in [1.82, 2.24) is 10.2 Å². The summed E-state index contributed by atoms with van der Waals surface area (Å²) in [6.07, 6.45) is 1.03. The van der Waals surface area contributed by atoms with Crippen LogP contribution in [0, 0.1) is 0 Å². The molecule has 1 aliphatic heterocycles. The summed E-state index contributed by atoms with van der Waals surface area (Å²) in [5.74, 6) is 0.0417. The number of hydrogen-bond acceptors (Lipinski definition) is 4. The van der Waals surface area contributed by atoms with E-state index in [-0.39, 0.29) is 12.3 Å². The van der Waals surface area contributed by atoms with Crippen LogP contribution in [0.25, 0.3) is 0 Å². The number of imide groups is 1. The monoisotopic (exact) mass is 400 g/mol. The fraction of sp³-hybridized carbons (Fsp3) is 0.286. The number of benzene rings is 2. The quantitative estimate of drug-likeness (QED) is 0.570. The number of hydrogen-bond donors (Lipinski definition) is 1. The minimum atomic E-state index is -1.04. The molecule has 146 valence electrons. The minimum absolute atomic E-state index is 0.301. The van der Waals surface area contributed by atoms with Gasteiger partial charge in [-0.25, -0.2) is 4.79 Å². The van der Waals surface area contributed by atoms with Gasteiger partial charge < -0.3 is 10.1 Å². The first-order valence-corrected chi connectivity index (χ1v) is 9.26. The first kappa shape index (κ1) is 19.9. The molecular formula is C21H21ClN2O4. The molecule has 1 aliphatic rings. The van der Waals surface area contributed by atoms with Crippen LogP contribution in [0.5, 0.6) is 5.75 Å². The molecule has 1 saturated heterocycles. The van der Waals surface area contributed by atoms with E-state index in [1.165, 1.54) is 0 Å². The van der Waals surface area contributed by atoms with Crippen molar-refractivity contribution < 1.29 is 19.1 Å². The lowest BCUT2D eigenvalue weighted by atomic mass is 9.93. The fourth-order valence-corrected chi connectivity index (χ4v) is 3.24. The van der Waals surface area contributed by atoms with Gasteiger partial charge in [0.25, 0.3) is 5.91 Å². The second-order valence-corrected chi connectivity index (χ2v) is 7.37. The maximum atomic E-state index is 12.8. The summed E-state index contributed by atoms with van der Waals surface area (Å²) >= 11 is 5.83. The average molecular weight is 401 g/mol. The fourth-order valence-electron chi connectivity index (χ4n) is 3.12. The van der Waals surface area contributed by atoms with E-state index in [0.717, 1.165) is 16.2 Å². The van der Waals surface area contributed by atoms with Crippen molar-refractivity contribution in [3.05, 3.63) is 64.7 Å². The Balaban J connectivity index is 1.65. The predicted octanol–water partition coefficient (Wildman–Crippen LogP) is 3.47. The molecule has 0 aliphatic carbocycles. The van der Waals surface area contributed by atoms with Crippen molar-refractivity contribution in [1.29, 1.82) is 0 Å². The Morgan fingerprint density at radius 2 is 1.75 bits per heavy atom. The van der Waals surface area contributed by atoms with Crippen LogP contribution in [-0.2, 0) is 11.2 Å². The number of methoxy groups -OCH3 is 1. The van der Waals surface area contributed by atoms with Gasteiger partial charge in [-0.1, -0.05) is 23.7 Å². The van der Waals surface area contributed by atoms with Crippen molar-refractivity contribution in [3.63, 3.8) is 0 Å². The number of carbonyl (C=O) groups excluding carboxylic acids is 3. The highest BCUT2D eigenvalue weighted by atomic mass is 35.5. The molecule has 1 atom stereocenters. The molecule has 0 saturated carbocycles. The number of nitrogens with zero attached hydrogens (tertiary/aromatic N) is 1. The maximum Gasteiger partial charge on any atom is 0.325 e. The van der Waals surface area contributed by atoms with Gasteiger partial charge in [-0.2, -0.15) is 0 Å². The number of urea groups is 1. The zero-order valence-corrected chi connectivity index (χ0v) is 16.5. The molecule has 0 bridgehead atoms. The van der Waals surface area contributed by atoms with Gasteiger partial charge in [0.15, 0.2) is 5.78 Å². The highest BCUT2D eigenvalue weighted by Crippen LogP contribution is 2.24. The van der Waals surface area contributed by atoms with Crippen molar-refractivity contribution >= 4 is 29.3 Å². The van der Waals surface area contributed by atoms with Crippen molar-refractivity contribution in [2.45, 2.75) is 25.3 Å². The zero-order valence-electron chi connectivity index (χ0n) is 15.7. The van der Waals surface area contributed by atoms with E-state index in [1.54, 1.807) is 38.3 Å². The van der Waals surface area contributed by atoms with Gasteiger partial charge in [-0.15, -0.1) is 0 Å². The van der Waals surface area contributed by atoms with Crippen LogP contribution in [0.15, 0.2) is 48.5 Å². The number of halogens is 1. The molecule has 0 unspecified atom stereocenters. The molecule has 2 aromatic rings. The Labute approximate surface area is 168 Å². The second-order valence-electron chi connectivity index (χ2n) is 6.93. The van der Waals surface area contributed by atoms with Gasteiger partial charge in [-0.3, -0.25) is 14.5 Å². The summed E-state index contributed by atoms with van der Waals surface area (Å²) < 4.78 is 5.14. The molecule has 28 heavy (non-hydrogen) atoms. The predicted molar refractivity (Wildman–Crippen MR) is 106 cm³/mol. The summed E-state index contributed by atoms with van der Waals surface area (Å²) in [5, 5.41) is 3.24. The first-order chi connectivity index (χ1) is 13.3. The third kappa shape index (κ3) is 4.17. The number of nitrogens with one attached hydrogen (secondary N) is 1. The summed E-state index contributed by atoms with van der Waals surface area (Å²) in [5.41, 5.74) is 0.383. The number of rotatable bonds is 7. The van der Waals surface area contributed by atoms with Gasteiger partial charge in [0.1, 0.15) is 11.3 Å². The van der Waals surface area contributed by atoms with Gasteiger partial charge in [0.05, 0.1) is 13.7 Å². The number of ketones is 1. The molecule has 1 fully saturated rings. The molecule has 2 aromatic carbocycles. The van der Waals surface area contributed by atoms with Crippen LogP contribution in [0.4, 0.5) is 4.79 Å². The molecule has 6 nitrogen and oxygen atoms in total. The van der Waals surface area contributed by atoms with Crippen molar-refractivity contribution in [2.24, 2.45) is 0 Å². The largest absolute Gasteiger partial charge is 0.497 e. The lowest BCUT2D eigenvalue weighted by Crippen LogP contribution is -2.44. The lowest BCUT2D eigenvalue weighted by molar-refractivity contribution is -0.130. The smallest absolute Gasteiger partial charge is 0.325 e. The minimum Gasteiger partial charge on any atom is -0.497 e. The van der Waals surface area contributed by atoms with Gasteiger partial charge in [0, 0.05) is 10.6 Å². The number of carbonyl (C=O) groups is 3. The number of Topliss-reactive ketones (excluding diaryl/α,β-unsaturated/α-hetero) is 1. The SMILES string of the molecule is COc1ccc(CC[C@@]2(C)NC(=O)N(CC(=O)c3ccc(Cl)cc3)C2=O)cc1. The van der Waals surface area contributed by atoms with Crippen LogP contribution in [0.1, 0.15) is 29.3 Å². The van der Waals surface area contributed by atoms with E-state index in [9.17, 15) is 14.4 Å². The third-order valence-electron chi connectivity index (χ3n) is 4.89. The van der Waals surface area contributed by atoms with E-state index in [4.69, 9.17) is 16.3 Å². The van der Waals surface area contributed by atoms with Gasteiger partial charge >= 0.3 is 6.03 Å². The normalized spacial score (nSPS) is 18.9. The van der Waals surface area contributed by atoms with E-state index in [1.807, 2.05) is 24.3 Å². The molecule has 1 N–H and O–H groups in total.